The Kier molecular flexibility index (Phi) is 5.44. The van der Waals surface area contributed by atoms with Crippen LogP contribution in [0.2, 0.25) is 0 Å². The summed E-state index contributed by atoms with van der Waals surface area (Å²) in [7, 11) is 0. The second-order valence-corrected chi connectivity index (χ2v) is 5.96. The van der Waals surface area contributed by atoms with Gasteiger partial charge in [0.1, 0.15) is 11.6 Å². The highest BCUT2D eigenvalue weighted by Crippen LogP contribution is 2.31. The number of nitrogens with two attached hydrogens (primary N) is 1. The van der Waals surface area contributed by atoms with E-state index in [4.69, 9.17) is 5.73 Å². The van der Waals surface area contributed by atoms with Crippen molar-refractivity contribution in [3.05, 3.63) is 64.2 Å². The SMILES string of the molecule is Cc1cc(C(=O)NC2CCCc3cc(N)ccc32)c(F)cc1F.Cl. The van der Waals surface area contributed by atoms with E-state index < -0.39 is 17.5 Å². The third-order valence-corrected chi connectivity index (χ3v) is 4.28. The van der Waals surface area contributed by atoms with Crippen LogP contribution >= 0.6 is 12.4 Å². The van der Waals surface area contributed by atoms with Gasteiger partial charge in [0, 0.05) is 11.8 Å². The number of halogens is 3. The van der Waals surface area contributed by atoms with E-state index in [2.05, 4.69) is 5.32 Å². The molecule has 0 bridgehead atoms. The summed E-state index contributed by atoms with van der Waals surface area (Å²) in [5.74, 6) is -2.03. The number of aryl methyl sites for hydroxylation is 2. The molecule has 1 aliphatic carbocycles. The van der Waals surface area contributed by atoms with Crippen LogP contribution in [0.25, 0.3) is 0 Å². The van der Waals surface area contributed by atoms with E-state index in [9.17, 15) is 13.6 Å². The molecule has 6 heteroatoms. The first kappa shape index (κ1) is 18.2. The van der Waals surface area contributed by atoms with E-state index in [-0.39, 0.29) is 29.6 Å². The molecule has 0 fully saturated rings. The van der Waals surface area contributed by atoms with Gasteiger partial charge in [-0.05, 0) is 61.1 Å². The molecule has 128 valence electrons. The van der Waals surface area contributed by atoms with Gasteiger partial charge in [0.25, 0.3) is 5.91 Å². The topological polar surface area (TPSA) is 55.1 Å². The first-order valence-electron chi connectivity index (χ1n) is 7.60. The van der Waals surface area contributed by atoms with Crippen LogP contribution in [0.3, 0.4) is 0 Å². The molecule has 1 atom stereocenters. The van der Waals surface area contributed by atoms with E-state index in [0.29, 0.717) is 5.69 Å². The lowest BCUT2D eigenvalue weighted by molar-refractivity contribution is 0.0928. The third-order valence-electron chi connectivity index (χ3n) is 4.28. The highest BCUT2D eigenvalue weighted by atomic mass is 35.5. The van der Waals surface area contributed by atoms with Crippen molar-refractivity contribution in [1.82, 2.24) is 5.32 Å². The van der Waals surface area contributed by atoms with Crippen LogP contribution < -0.4 is 11.1 Å². The second kappa shape index (κ2) is 7.18. The molecule has 1 aliphatic rings. The van der Waals surface area contributed by atoms with Crippen molar-refractivity contribution in [2.45, 2.75) is 32.2 Å². The maximum absolute atomic E-state index is 13.9. The highest BCUT2D eigenvalue weighted by Gasteiger charge is 2.24. The Balaban J connectivity index is 0.00000208. The second-order valence-electron chi connectivity index (χ2n) is 5.96. The van der Waals surface area contributed by atoms with Crippen LogP contribution in [0.4, 0.5) is 14.5 Å². The molecule has 0 saturated carbocycles. The first-order chi connectivity index (χ1) is 11.0. The fraction of sp³-hybridized carbons (Fsp3) is 0.278. The van der Waals surface area contributed by atoms with Gasteiger partial charge in [0.05, 0.1) is 11.6 Å². The van der Waals surface area contributed by atoms with Gasteiger partial charge in [-0.1, -0.05) is 6.07 Å². The van der Waals surface area contributed by atoms with Crippen LogP contribution in [0.5, 0.6) is 0 Å². The first-order valence-corrected chi connectivity index (χ1v) is 7.60. The molecular weight excluding hydrogens is 334 g/mol. The largest absolute Gasteiger partial charge is 0.399 e. The third kappa shape index (κ3) is 3.51. The summed E-state index contributed by atoms with van der Waals surface area (Å²) in [6.07, 6.45) is 2.62. The van der Waals surface area contributed by atoms with Crippen molar-refractivity contribution in [1.29, 1.82) is 0 Å². The van der Waals surface area contributed by atoms with Crippen molar-refractivity contribution in [2.24, 2.45) is 0 Å². The Labute approximate surface area is 145 Å². The summed E-state index contributed by atoms with van der Waals surface area (Å²) in [5.41, 5.74) is 8.72. The van der Waals surface area contributed by atoms with E-state index in [0.717, 1.165) is 36.5 Å². The number of hydrogen-bond donors (Lipinski definition) is 2. The van der Waals surface area contributed by atoms with Gasteiger partial charge in [-0.3, -0.25) is 4.79 Å². The Morgan fingerprint density at radius 2 is 1.96 bits per heavy atom. The average molecular weight is 353 g/mol. The van der Waals surface area contributed by atoms with Gasteiger partial charge >= 0.3 is 0 Å². The summed E-state index contributed by atoms with van der Waals surface area (Å²) < 4.78 is 27.2. The average Bonchev–Trinajstić information content (AvgIpc) is 2.50. The van der Waals surface area contributed by atoms with E-state index in [1.165, 1.54) is 13.0 Å². The van der Waals surface area contributed by atoms with Gasteiger partial charge in [0.15, 0.2) is 0 Å². The molecule has 0 heterocycles. The molecule has 0 radical (unpaired) electrons. The van der Waals surface area contributed by atoms with Crippen LogP contribution in [0.15, 0.2) is 30.3 Å². The zero-order valence-corrected chi connectivity index (χ0v) is 14.1. The lowest BCUT2D eigenvalue weighted by Crippen LogP contribution is -2.31. The van der Waals surface area contributed by atoms with E-state index in [1.807, 2.05) is 12.1 Å². The Morgan fingerprint density at radius 3 is 2.71 bits per heavy atom. The van der Waals surface area contributed by atoms with Crippen LogP contribution in [0.1, 0.15) is 45.9 Å². The van der Waals surface area contributed by atoms with Crippen LogP contribution in [-0.2, 0) is 6.42 Å². The Morgan fingerprint density at radius 1 is 1.21 bits per heavy atom. The van der Waals surface area contributed by atoms with Crippen molar-refractivity contribution in [3.63, 3.8) is 0 Å². The lowest BCUT2D eigenvalue weighted by atomic mass is 9.87. The summed E-state index contributed by atoms with van der Waals surface area (Å²) >= 11 is 0. The minimum absolute atomic E-state index is 0. The molecule has 0 aliphatic heterocycles. The molecule has 1 unspecified atom stereocenters. The number of hydrogen-bond acceptors (Lipinski definition) is 2. The number of rotatable bonds is 2. The molecule has 2 aromatic carbocycles. The maximum Gasteiger partial charge on any atom is 0.254 e. The zero-order chi connectivity index (χ0) is 16.6. The number of anilines is 1. The van der Waals surface area contributed by atoms with E-state index in [1.54, 1.807) is 6.07 Å². The lowest BCUT2D eigenvalue weighted by Gasteiger charge is -2.26. The minimum atomic E-state index is -0.848. The Hall–Kier alpha value is -2.14. The number of carbonyl (C=O) groups is 1. The molecule has 24 heavy (non-hydrogen) atoms. The monoisotopic (exact) mass is 352 g/mol. The fourth-order valence-electron chi connectivity index (χ4n) is 3.05. The Bertz CT molecular complexity index is 780. The van der Waals surface area contributed by atoms with Gasteiger partial charge in [-0.25, -0.2) is 8.78 Å². The molecule has 3 N–H and O–H groups in total. The van der Waals surface area contributed by atoms with Crippen LogP contribution in [-0.4, -0.2) is 5.91 Å². The van der Waals surface area contributed by atoms with Crippen molar-refractivity contribution in [3.8, 4) is 0 Å². The maximum atomic E-state index is 13.9. The smallest absolute Gasteiger partial charge is 0.254 e. The number of nitrogens with one attached hydrogen (secondary N) is 1. The normalized spacial score (nSPS) is 16.0. The molecule has 0 spiro atoms. The molecule has 1 amide bonds. The van der Waals surface area contributed by atoms with Crippen LogP contribution in [0, 0.1) is 18.6 Å². The van der Waals surface area contributed by atoms with Crippen molar-refractivity contribution in [2.75, 3.05) is 5.73 Å². The van der Waals surface area contributed by atoms with Gasteiger partial charge in [0.2, 0.25) is 0 Å². The number of nitrogen functional groups attached to an aromatic ring is 1. The summed E-state index contributed by atoms with van der Waals surface area (Å²) in [5, 5.41) is 2.86. The number of carbonyl (C=O) groups excluding carboxylic acids is 1. The van der Waals surface area contributed by atoms with Crippen molar-refractivity contribution < 1.29 is 13.6 Å². The van der Waals surface area contributed by atoms with E-state index >= 15 is 0 Å². The molecule has 3 rings (SSSR count). The van der Waals surface area contributed by atoms with Crippen molar-refractivity contribution >= 4 is 24.0 Å². The quantitative estimate of drug-likeness (QED) is 0.800. The number of benzene rings is 2. The standard InChI is InChI=1S/C18H18F2N2O.ClH/c1-10-7-14(16(20)9-15(10)19)18(23)22-17-4-2-3-11-8-12(21)5-6-13(11)17;/h5-9,17H,2-4,21H2,1H3,(H,22,23);1H. The molecule has 3 nitrogen and oxygen atoms in total. The zero-order valence-electron chi connectivity index (χ0n) is 13.2. The summed E-state index contributed by atoms with van der Waals surface area (Å²) in [4.78, 5) is 12.4. The number of fused-ring (bicyclic) bond motifs is 1. The minimum Gasteiger partial charge on any atom is -0.399 e. The summed E-state index contributed by atoms with van der Waals surface area (Å²) in [6, 6.07) is 7.42. The van der Waals surface area contributed by atoms with Gasteiger partial charge < -0.3 is 11.1 Å². The summed E-state index contributed by atoms with van der Waals surface area (Å²) in [6.45, 7) is 1.50. The number of amides is 1. The molecular formula is C18H19ClF2N2O. The molecule has 2 aromatic rings. The van der Waals surface area contributed by atoms with Gasteiger partial charge in [-0.15, -0.1) is 12.4 Å². The predicted molar refractivity (Wildman–Crippen MR) is 92.3 cm³/mol. The molecule has 0 aromatic heterocycles. The van der Waals surface area contributed by atoms with Gasteiger partial charge in [-0.2, -0.15) is 0 Å². The highest BCUT2D eigenvalue weighted by molar-refractivity contribution is 5.95. The fourth-order valence-corrected chi connectivity index (χ4v) is 3.05. The predicted octanol–water partition coefficient (Wildman–Crippen LogP) is 4.08. The molecule has 0 saturated heterocycles.